The molecule has 0 radical (unpaired) electrons. The van der Waals surface area contributed by atoms with Gasteiger partial charge in [0.2, 0.25) is 0 Å². The van der Waals surface area contributed by atoms with E-state index in [-0.39, 0.29) is 0 Å². The molecule has 0 unspecified atom stereocenters. The number of benzene rings is 7. The van der Waals surface area contributed by atoms with Crippen LogP contribution in [0.25, 0.3) is 0 Å². The second kappa shape index (κ2) is 26.4. The van der Waals surface area contributed by atoms with Crippen LogP contribution in [0.5, 0.6) is 11.5 Å². The fourth-order valence-electron chi connectivity index (χ4n) is 9.02. The van der Waals surface area contributed by atoms with Crippen LogP contribution in [0.3, 0.4) is 0 Å². The topological polar surface area (TPSA) is 73.8 Å². The third-order valence-corrected chi connectivity index (χ3v) is 31.5. The zero-order chi connectivity index (χ0) is 48.9. The molecule has 7 rings (SSSR count). The molecule has 0 atom stereocenters. The van der Waals surface area contributed by atoms with Gasteiger partial charge in [0.15, 0.2) is 0 Å². The van der Waals surface area contributed by atoms with E-state index < -0.39 is 10.6 Å². The third-order valence-electron chi connectivity index (χ3n) is 12.5. The normalized spacial score (nSPS) is 12.9. The van der Waals surface area contributed by atoms with Crippen molar-refractivity contribution >= 4 is 73.4 Å². The van der Waals surface area contributed by atoms with Crippen molar-refractivity contribution in [3.05, 3.63) is 205 Å². The van der Waals surface area contributed by atoms with Crippen LogP contribution in [0.4, 0.5) is 0 Å². The first-order chi connectivity index (χ1) is 34.3. The molecule has 0 amide bonds. The Hall–Kier alpha value is -4.28. The van der Waals surface area contributed by atoms with Gasteiger partial charge in [-0.15, -0.1) is 0 Å². The monoisotopic (exact) mass is 1110 g/mol. The minimum absolute atomic E-state index is 0.319. The standard InChI is InChI=1S/C58H66Br2O8P2/c1-61-33-35-63-37-39-65-41-43-67-57-45-50(48-70(60,54-27-15-6-16-28-54,55-29-17-7-18-30-55)56-31-19-8-20-32-56)58(68-44-42-66-40-38-64-36-34-62-2)46-49(57)47-69(59,51-21-9-3-10-22-51,52-23-11-4-12-24-52)53-25-13-5-14-26-53/h3-32,45-46H,33-44,47-48H2,1-2H3. The van der Waals surface area contributed by atoms with Crippen LogP contribution >= 0.6 is 41.6 Å². The van der Waals surface area contributed by atoms with Gasteiger partial charge >= 0.3 is 410 Å². The van der Waals surface area contributed by atoms with E-state index in [1.165, 1.54) is 31.8 Å². The van der Waals surface area contributed by atoms with Crippen molar-refractivity contribution in [2.45, 2.75) is 12.3 Å². The summed E-state index contributed by atoms with van der Waals surface area (Å²) in [6.45, 7) is 5.31. The Kier molecular flexibility index (Phi) is 20.2. The van der Waals surface area contributed by atoms with Crippen molar-refractivity contribution in [2.24, 2.45) is 0 Å². The van der Waals surface area contributed by atoms with Gasteiger partial charge in [0, 0.05) is 14.2 Å². The molecule has 0 aromatic heterocycles. The first-order valence-electron chi connectivity index (χ1n) is 23.8. The fraction of sp³-hybridized carbons (Fsp3) is 0.276. The van der Waals surface area contributed by atoms with Crippen LogP contribution in [0.1, 0.15) is 11.1 Å². The van der Waals surface area contributed by atoms with E-state index in [0.717, 1.165) is 22.6 Å². The molecule has 370 valence electrons. The quantitative estimate of drug-likeness (QED) is 0.0326. The summed E-state index contributed by atoms with van der Waals surface area (Å²) < 4.78 is 48.0. The Balaban J connectivity index is 1.41. The van der Waals surface area contributed by atoms with Crippen molar-refractivity contribution in [1.82, 2.24) is 0 Å². The van der Waals surface area contributed by atoms with Crippen molar-refractivity contribution in [3.8, 4) is 11.5 Å². The van der Waals surface area contributed by atoms with E-state index in [4.69, 9.17) is 68.9 Å². The second-order valence-corrected chi connectivity index (χ2v) is 34.7. The first-order valence-corrected chi connectivity index (χ1v) is 32.7. The predicted molar refractivity (Wildman–Crippen MR) is 300 cm³/mol. The van der Waals surface area contributed by atoms with Crippen molar-refractivity contribution in [3.63, 3.8) is 0 Å². The molecule has 0 aliphatic heterocycles. The molecule has 7 aromatic carbocycles. The zero-order valence-corrected chi connectivity index (χ0v) is 45.3. The molecule has 70 heavy (non-hydrogen) atoms. The van der Waals surface area contributed by atoms with Crippen molar-refractivity contribution in [2.75, 3.05) is 93.5 Å². The van der Waals surface area contributed by atoms with E-state index >= 15 is 0 Å². The van der Waals surface area contributed by atoms with Crippen LogP contribution in [-0.2, 0) is 40.7 Å². The van der Waals surface area contributed by atoms with Gasteiger partial charge in [-0.3, -0.25) is 0 Å². The summed E-state index contributed by atoms with van der Waals surface area (Å²) in [5.74, 6) is 1.52. The summed E-state index contributed by atoms with van der Waals surface area (Å²) >= 11 is 9.52. The Morgan fingerprint density at radius 2 is 0.514 bits per heavy atom. The van der Waals surface area contributed by atoms with Gasteiger partial charge in [-0.05, 0) is 0 Å². The van der Waals surface area contributed by atoms with E-state index in [1.807, 2.05) is 0 Å². The number of halogens is 2. The number of methoxy groups -OCH3 is 2. The van der Waals surface area contributed by atoms with Crippen molar-refractivity contribution < 1.29 is 37.9 Å². The molecule has 0 spiro atoms. The van der Waals surface area contributed by atoms with E-state index in [2.05, 4.69) is 194 Å². The summed E-state index contributed by atoms with van der Waals surface area (Å²) in [4.78, 5) is 0. The van der Waals surface area contributed by atoms with Gasteiger partial charge in [0.05, 0.1) is 0 Å². The van der Waals surface area contributed by atoms with Gasteiger partial charge < -0.3 is 9.47 Å². The number of hydrogen-bond acceptors (Lipinski definition) is 8. The van der Waals surface area contributed by atoms with Gasteiger partial charge in [0.25, 0.3) is 0 Å². The van der Waals surface area contributed by atoms with E-state index in [9.17, 15) is 0 Å². The Labute approximate surface area is 431 Å². The molecule has 8 nitrogen and oxygen atoms in total. The molecule has 12 heteroatoms. The molecule has 0 saturated heterocycles. The SMILES string of the molecule is COCCOCCOCCOc1cc(CP(Br)(c2ccccc2)(c2ccccc2)c2ccccc2)c(OCCOCCOCCOC)cc1CP(Br)(c1ccccc1)(c1ccccc1)c1ccccc1. The molecule has 7 aromatic rings. The Morgan fingerprint density at radius 1 is 0.300 bits per heavy atom. The molecule has 0 aliphatic carbocycles. The molecule has 0 bridgehead atoms. The molecular formula is C58H66Br2O8P2. The summed E-state index contributed by atoms with van der Waals surface area (Å²) in [6, 6.07) is 69.6. The average molecular weight is 1110 g/mol. The molecular weight excluding hydrogens is 1050 g/mol. The summed E-state index contributed by atoms with van der Waals surface area (Å²) in [5.41, 5.74) is 1.99. The van der Waals surface area contributed by atoms with Gasteiger partial charge in [-0.25, -0.2) is 0 Å². The minimum atomic E-state index is -3.56. The second-order valence-electron chi connectivity index (χ2n) is 16.9. The predicted octanol–water partition coefficient (Wildman–Crippen LogP) is 10.5. The molecule has 0 fully saturated rings. The van der Waals surface area contributed by atoms with Gasteiger partial charge in [-0.2, -0.15) is 0 Å². The third kappa shape index (κ3) is 12.5. The Bertz CT molecular complexity index is 2220. The average Bonchev–Trinajstić information content (AvgIpc) is 3.42. The summed E-state index contributed by atoms with van der Waals surface area (Å²) in [5, 5.41) is 0.0612. The molecule has 0 aliphatic rings. The van der Waals surface area contributed by atoms with Crippen LogP contribution in [0, 0.1) is 0 Å². The van der Waals surface area contributed by atoms with E-state index in [1.54, 1.807) is 14.2 Å². The van der Waals surface area contributed by atoms with Crippen LogP contribution in [-0.4, -0.2) is 93.5 Å². The van der Waals surface area contributed by atoms with Gasteiger partial charge in [0.1, 0.15) is 0 Å². The summed E-state index contributed by atoms with van der Waals surface area (Å²) in [6.07, 6.45) is 1.15. The number of ether oxygens (including phenoxy) is 8. The first kappa shape index (κ1) is 53.5. The zero-order valence-electron chi connectivity index (χ0n) is 40.3. The molecule has 0 saturated carbocycles. The van der Waals surface area contributed by atoms with Crippen LogP contribution in [0.15, 0.2) is 194 Å². The van der Waals surface area contributed by atoms with Crippen molar-refractivity contribution in [1.29, 1.82) is 0 Å². The number of hydrogen-bond donors (Lipinski definition) is 0. The molecule has 0 N–H and O–H groups in total. The Morgan fingerprint density at radius 3 is 0.743 bits per heavy atom. The van der Waals surface area contributed by atoms with E-state index in [0.29, 0.717) is 91.6 Å². The molecule has 0 heterocycles. The van der Waals surface area contributed by atoms with Gasteiger partial charge in [-0.1, -0.05) is 0 Å². The fourth-order valence-corrected chi connectivity index (χ4v) is 24.3. The summed E-state index contributed by atoms with van der Waals surface area (Å²) in [7, 11) is 3.34. The maximum atomic E-state index is 7.05. The van der Waals surface area contributed by atoms with Crippen LogP contribution < -0.4 is 41.3 Å². The maximum absolute atomic E-state index is 7.05. The van der Waals surface area contributed by atoms with Crippen LogP contribution in [0.2, 0.25) is 0 Å². The number of rotatable bonds is 30.